The molecule has 0 bridgehead atoms. The molecule has 1 aromatic heterocycles. The van der Waals surface area contributed by atoms with Crippen molar-refractivity contribution in [1.29, 1.82) is 0 Å². The molecule has 0 radical (unpaired) electrons. The van der Waals surface area contributed by atoms with Crippen LogP contribution in [0.5, 0.6) is 5.75 Å². The van der Waals surface area contributed by atoms with Gasteiger partial charge in [-0.15, -0.1) is 0 Å². The van der Waals surface area contributed by atoms with E-state index in [0.29, 0.717) is 22.7 Å². The van der Waals surface area contributed by atoms with Gasteiger partial charge in [-0.2, -0.15) is 0 Å². The molecule has 2 N–H and O–H groups in total. The van der Waals surface area contributed by atoms with Crippen LogP contribution in [0, 0.1) is 0 Å². The van der Waals surface area contributed by atoms with Crippen LogP contribution >= 0.6 is 0 Å². The van der Waals surface area contributed by atoms with E-state index in [-0.39, 0.29) is 29.2 Å². The van der Waals surface area contributed by atoms with Crippen LogP contribution in [0.3, 0.4) is 0 Å². The van der Waals surface area contributed by atoms with Crippen LogP contribution in [0.15, 0.2) is 71.5 Å². The SMILES string of the molecule is COc1ccc(C(C(=O)Nc2ccc(C(C)(C)C)cc2)N(C)C(=O)Cc2cccc(=O)[nH]2)cc1. The van der Waals surface area contributed by atoms with Gasteiger partial charge >= 0.3 is 0 Å². The van der Waals surface area contributed by atoms with Crippen LogP contribution in [0.25, 0.3) is 0 Å². The summed E-state index contributed by atoms with van der Waals surface area (Å²) in [6, 6.07) is 18.5. The van der Waals surface area contributed by atoms with Gasteiger partial charge in [0, 0.05) is 24.5 Å². The van der Waals surface area contributed by atoms with Gasteiger partial charge in [0.15, 0.2) is 0 Å². The number of carbonyl (C=O) groups excluding carboxylic acids is 2. The first-order valence-corrected chi connectivity index (χ1v) is 11.1. The molecule has 1 atom stereocenters. The average Bonchev–Trinajstić information content (AvgIpc) is 2.79. The summed E-state index contributed by atoms with van der Waals surface area (Å²) in [6.07, 6.45) is -0.0349. The fourth-order valence-corrected chi connectivity index (χ4v) is 3.63. The summed E-state index contributed by atoms with van der Waals surface area (Å²) in [5.41, 5.74) is 2.64. The van der Waals surface area contributed by atoms with Crippen molar-refractivity contribution in [1.82, 2.24) is 9.88 Å². The molecule has 3 rings (SSSR count). The zero-order valence-corrected chi connectivity index (χ0v) is 20.2. The van der Waals surface area contributed by atoms with Crippen LogP contribution in [-0.4, -0.2) is 35.9 Å². The number of pyridine rings is 1. The number of methoxy groups -OCH3 is 1. The van der Waals surface area contributed by atoms with Crippen LogP contribution in [-0.2, 0) is 21.4 Å². The highest BCUT2D eigenvalue weighted by Gasteiger charge is 2.29. The zero-order valence-electron chi connectivity index (χ0n) is 20.2. The lowest BCUT2D eigenvalue weighted by molar-refractivity contribution is -0.136. The third kappa shape index (κ3) is 6.13. The number of H-pyrrole nitrogens is 1. The maximum atomic E-state index is 13.4. The first-order chi connectivity index (χ1) is 16.1. The Morgan fingerprint density at radius 3 is 2.21 bits per heavy atom. The number of ether oxygens (including phenoxy) is 1. The average molecular weight is 462 g/mol. The number of hydrogen-bond acceptors (Lipinski definition) is 4. The van der Waals surface area contributed by atoms with E-state index in [1.807, 2.05) is 24.3 Å². The summed E-state index contributed by atoms with van der Waals surface area (Å²) < 4.78 is 5.23. The van der Waals surface area contributed by atoms with E-state index in [1.54, 1.807) is 50.6 Å². The van der Waals surface area contributed by atoms with Gasteiger partial charge in [0.05, 0.1) is 13.5 Å². The molecule has 7 nitrogen and oxygen atoms in total. The standard InChI is InChI=1S/C27H31N3O4/c1-27(2,3)19-11-13-20(14-12-19)29-26(33)25(18-9-15-22(34-5)16-10-18)30(4)24(32)17-21-7-6-8-23(31)28-21/h6-16,25H,17H2,1-5H3,(H,28,31)(H,29,33). The van der Waals surface area contributed by atoms with Crippen molar-refractivity contribution < 1.29 is 14.3 Å². The predicted molar refractivity (Wildman–Crippen MR) is 133 cm³/mol. The molecule has 1 unspecified atom stereocenters. The van der Waals surface area contributed by atoms with Crippen molar-refractivity contribution >= 4 is 17.5 Å². The van der Waals surface area contributed by atoms with Crippen molar-refractivity contribution in [2.24, 2.45) is 0 Å². The summed E-state index contributed by atoms with van der Waals surface area (Å²) in [7, 11) is 3.15. The lowest BCUT2D eigenvalue weighted by Crippen LogP contribution is -2.39. The van der Waals surface area contributed by atoms with E-state index in [4.69, 9.17) is 4.74 Å². The summed E-state index contributed by atoms with van der Waals surface area (Å²) in [6.45, 7) is 6.38. The van der Waals surface area contributed by atoms with Gasteiger partial charge in [0.1, 0.15) is 11.8 Å². The summed E-state index contributed by atoms with van der Waals surface area (Å²) in [4.78, 5) is 42.1. The van der Waals surface area contributed by atoms with Gasteiger partial charge in [0.25, 0.3) is 5.91 Å². The normalized spacial score (nSPS) is 12.0. The number of nitrogens with one attached hydrogen (secondary N) is 2. The summed E-state index contributed by atoms with van der Waals surface area (Å²) in [5.74, 6) is 0.00324. The molecule has 178 valence electrons. The van der Waals surface area contributed by atoms with E-state index in [1.165, 1.54) is 11.0 Å². The molecule has 0 aliphatic carbocycles. The minimum absolute atomic E-state index is 0.000778. The molecule has 2 aromatic carbocycles. The number of hydrogen-bond donors (Lipinski definition) is 2. The molecule has 1 heterocycles. The fourth-order valence-electron chi connectivity index (χ4n) is 3.63. The Morgan fingerprint density at radius 2 is 1.65 bits per heavy atom. The third-order valence-corrected chi connectivity index (χ3v) is 5.65. The largest absolute Gasteiger partial charge is 0.497 e. The first-order valence-electron chi connectivity index (χ1n) is 11.1. The Labute approximate surface area is 199 Å². The maximum Gasteiger partial charge on any atom is 0.251 e. The number of benzene rings is 2. The highest BCUT2D eigenvalue weighted by atomic mass is 16.5. The molecule has 7 heteroatoms. The second-order valence-electron chi connectivity index (χ2n) is 9.21. The maximum absolute atomic E-state index is 13.4. The number of aromatic nitrogens is 1. The molecule has 0 fully saturated rings. The molecule has 0 spiro atoms. The van der Waals surface area contributed by atoms with Gasteiger partial charge in [-0.25, -0.2) is 0 Å². The minimum Gasteiger partial charge on any atom is -0.497 e. The topological polar surface area (TPSA) is 91.5 Å². The molecule has 3 aromatic rings. The predicted octanol–water partition coefficient (Wildman–Crippen LogP) is 4.06. The zero-order chi connectivity index (χ0) is 24.9. The van der Waals surface area contributed by atoms with Gasteiger partial charge in [-0.3, -0.25) is 14.4 Å². The van der Waals surface area contributed by atoms with Crippen molar-refractivity contribution in [3.05, 3.63) is 93.9 Å². The van der Waals surface area contributed by atoms with Crippen LogP contribution in [0.2, 0.25) is 0 Å². The highest BCUT2D eigenvalue weighted by molar-refractivity contribution is 5.98. The Bertz CT molecular complexity index is 1190. The van der Waals surface area contributed by atoms with Crippen LogP contribution in [0.1, 0.15) is 43.6 Å². The molecule has 0 aliphatic heterocycles. The van der Waals surface area contributed by atoms with E-state index in [0.717, 1.165) is 5.56 Å². The lowest BCUT2D eigenvalue weighted by Gasteiger charge is -2.28. The van der Waals surface area contributed by atoms with Gasteiger partial charge in [-0.05, 0) is 46.9 Å². The van der Waals surface area contributed by atoms with Crippen molar-refractivity contribution in [3.63, 3.8) is 0 Å². The van der Waals surface area contributed by atoms with Crippen LogP contribution in [0.4, 0.5) is 5.69 Å². The van der Waals surface area contributed by atoms with Crippen molar-refractivity contribution in [2.75, 3.05) is 19.5 Å². The lowest BCUT2D eigenvalue weighted by atomic mass is 9.87. The molecular formula is C27H31N3O4. The number of aromatic amines is 1. The molecule has 0 aliphatic rings. The Morgan fingerprint density at radius 1 is 1.00 bits per heavy atom. The number of rotatable bonds is 7. The third-order valence-electron chi connectivity index (χ3n) is 5.65. The number of nitrogens with zero attached hydrogens (tertiary/aromatic N) is 1. The van der Waals surface area contributed by atoms with Crippen molar-refractivity contribution in [2.45, 2.75) is 38.6 Å². The Kier molecular flexibility index (Phi) is 7.56. The molecular weight excluding hydrogens is 430 g/mol. The molecule has 0 saturated carbocycles. The fraction of sp³-hybridized carbons (Fsp3) is 0.296. The molecule has 2 amide bonds. The molecule has 0 saturated heterocycles. The Balaban J connectivity index is 1.87. The number of carbonyl (C=O) groups is 2. The van der Waals surface area contributed by atoms with E-state index < -0.39 is 6.04 Å². The second kappa shape index (κ2) is 10.4. The van der Waals surface area contributed by atoms with Gasteiger partial charge in [-0.1, -0.05) is 51.1 Å². The van der Waals surface area contributed by atoms with Gasteiger partial charge in [0.2, 0.25) is 11.5 Å². The van der Waals surface area contributed by atoms with E-state index in [2.05, 4.69) is 31.1 Å². The van der Waals surface area contributed by atoms with Gasteiger partial charge < -0.3 is 19.9 Å². The minimum atomic E-state index is -0.879. The summed E-state index contributed by atoms with van der Waals surface area (Å²) in [5, 5.41) is 2.93. The number of anilines is 1. The monoisotopic (exact) mass is 461 g/mol. The number of amides is 2. The quantitative estimate of drug-likeness (QED) is 0.555. The van der Waals surface area contributed by atoms with Crippen molar-refractivity contribution in [3.8, 4) is 5.75 Å². The molecule has 34 heavy (non-hydrogen) atoms. The second-order valence-corrected chi connectivity index (χ2v) is 9.21. The van der Waals surface area contributed by atoms with Crippen LogP contribution < -0.4 is 15.6 Å². The summed E-state index contributed by atoms with van der Waals surface area (Å²) >= 11 is 0. The Hall–Kier alpha value is -3.87. The smallest absolute Gasteiger partial charge is 0.251 e. The number of likely N-dealkylation sites (N-methyl/N-ethyl adjacent to an activating group) is 1. The highest BCUT2D eigenvalue weighted by Crippen LogP contribution is 2.27. The first kappa shape index (κ1) is 24.8. The van der Waals surface area contributed by atoms with E-state index in [9.17, 15) is 14.4 Å². The van der Waals surface area contributed by atoms with E-state index >= 15 is 0 Å².